The molecule has 0 radical (unpaired) electrons. The van der Waals surface area contributed by atoms with E-state index in [-0.39, 0.29) is 6.10 Å². The summed E-state index contributed by atoms with van der Waals surface area (Å²) in [4.78, 5) is 9.32. The quantitative estimate of drug-likeness (QED) is 0.716. The highest BCUT2D eigenvalue weighted by atomic mass is 16.6. The predicted molar refractivity (Wildman–Crippen MR) is 55.1 cm³/mol. The molecule has 2 heterocycles. The molecule has 0 aliphatic carbocycles. The highest BCUT2D eigenvalue weighted by Gasteiger charge is 2.24. The van der Waals surface area contributed by atoms with Crippen molar-refractivity contribution in [2.24, 2.45) is 11.1 Å². The lowest BCUT2D eigenvalue weighted by Gasteiger charge is -2.10. The van der Waals surface area contributed by atoms with Crippen LogP contribution in [0, 0.1) is 5.92 Å². The Hall–Kier alpha value is -1.38. The van der Waals surface area contributed by atoms with Gasteiger partial charge < -0.3 is 4.84 Å². The Morgan fingerprint density at radius 3 is 2.64 bits per heavy atom. The summed E-state index contributed by atoms with van der Waals surface area (Å²) < 4.78 is 0. The Balaban J connectivity index is 2.09. The molecular formula is C11H14N2O. The lowest BCUT2D eigenvalue weighted by molar-refractivity contribution is 0.0521. The molecule has 0 aromatic carbocycles. The molecule has 0 amide bonds. The van der Waals surface area contributed by atoms with E-state index in [1.807, 2.05) is 12.1 Å². The van der Waals surface area contributed by atoms with Crippen molar-refractivity contribution in [3.8, 4) is 0 Å². The van der Waals surface area contributed by atoms with Crippen LogP contribution < -0.4 is 0 Å². The van der Waals surface area contributed by atoms with Crippen molar-refractivity contribution >= 4 is 5.71 Å². The van der Waals surface area contributed by atoms with Crippen molar-refractivity contribution in [1.82, 2.24) is 4.98 Å². The van der Waals surface area contributed by atoms with E-state index in [9.17, 15) is 0 Å². The third-order valence-corrected chi connectivity index (χ3v) is 2.45. The van der Waals surface area contributed by atoms with E-state index in [1.54, 1.807) is 12.4 Å². The van der Waals surface area contributed by atoms with Crippen LogP contribution in [0.5, 0.6) is 0 Å². The Labute approximate surface area is 83.8 Å². The zero-order chi connectivity index (χ0) is 9.97. The van der Waals surface area contributed by atoms with Gasteiger partial charge in [0.25, 0.3) is 0 Å². The molecule has 1 aliphatic rings. The van der Waals surface area contributed by atoms with Crippen LogP contribution in [-0.4, -0.2) is 16.8 Å². The Bertz CT molecular complexity index is 332. The van der Waals surface area contributed by atoms with Crippen LogP contribution in [0.4, 0.5) is 0 Å². The van der Waals surface area contributed by atoms with Crippen LogP contribution in [0.25, 0.3) is 0 Å². The third-order valence-electron chi connectivity index (χ3n) is 2.45. The smallest absolute Gasteiger partial charge is 0.135 e. The van der Waals surface area contributed by atoms with Crippen LogP contribution in [0.15, 0.2) is 29.7 Å². The Kier molecular flexibility index (Phi) is 2.48. The number of rotatable bonds is 2. The van der Waals surface area contributed by atoms with Gasteiger partial charge in [0.1, 0.15) is 6.10 Å². The number of nitrogens with zero attached hydrogens (tertiary/aromatic N) is 2. The second-order valence-electron chi connectivity index (χ2n) is 3.87. The van der Waals surface area contributed by atoms with Gasteiger partial charge in [0.05, 0.1) is 5.71 Å². The molecule has 14 heavy (non-hydrogen) atoms. The van der Waals surface area contributed by atoms with Crippen molar-refractivity contribution in [1.29, 1.82) is 0 Å². The van der Waals surface area contributed by atoms with Gasteiger partial charge in [-0.2, -0.15) is 0 Å². The third kappa shape index (κ3) is 1.76. The first kappa shape index (κ1) is 9.19. The standard InChI is InChI=1S/C11H14N2O/c1-8(2)11-7-10(13-14-11)9-3-5-12-6-4-9/h3-6,8,11H,7H2,1-2H3. The fraction of sp³-hybridized carbons (Fsp3) is 0.455. The van der Waals surface area contributed by atoms with Crippen molar-refractivity contribution in [3.63, 3.8) is 0 Å². The Morgan fingerprint density at radius 2 is 2.07 bits per heavy atom. The monoisotopic (exact) mass is 190 g/mol. The predicted octanol–water partition coefficient (Wildman–Crippen LogP) is 2.23. The van der Waals surface area contributed by atoms with Crippen molar-refractivity contribution < 1.29 is 4.84 Å². The first-order chi connectivity index (χ1) is 6.77. The van der Waals surface area contributed by atoms with E-state index in [0.29, 0.717) is 5.92 Å². The number of oxime groups is 1. The highest BCUT2D eigenvalue weighted by Crippen LogP contribution is 2.21. The molecule has 1 aromatic heterocycles. The summed E-state index contributed by atoms with van der Waals surface area (Å²) in [5.41, 5.74) is 2.15. The Morgan fingerprint density at radius 1 is 1.36 bits per heavy atom. The normalized spacial score (nSPS) is 20.8. The molecule has 0 bridgehead atoms. The lowest BCUT2D eigenvalue weighted by atomic mass is 9.99. The summed E-state index contributed by atoms with van der Waals surface area (Å²) in [5, 5.41) is 4.10. The zero-order valence-electron chi connectivity index (χ0n) is 8.47. The molecule has 1 atom stereocenters. The fourth-order valence-electron chi connectivity index (χ4n) is 1.47. The number of hydrogen-bond acceptors (Lipinski definition) is 3. The van der Waals surface area contributed by atoms with Crippen LogP contribution in [0.2, 0.25) is 0 Å². The second-order valence-corrected chi connectivity index (χ2v) is 3.87. The molecule has 0 saturated carbocycles. The average molecular weight is 190 g/mol. The van der Waals surface area contributed by atoms with E-state index in [1.165, 1.54) is 0 Å². The molecule has 0 fully saturated rings. The molecule has 3 heteroatoms. The van der Waals surface area contributed by atoms with Gasteiger partial charge in [0.15, 0.2) is 0 Å². The van der Waals surface area contributed by atoms with E-state index >= 15 is 0 Å². The van der Waals surface area contributed by atoms with E-state index in [0.717, 1.165) is 17.7 Å². The van der Waals surface area contributed by atoms with Crippen LogP contribution in [-0.2, 0) is 4.84 Å². The molecule has 1 unspecified atom stereocenters. The summed E-state index contributed by atoms with van der Waals surface area (Å²) in [6.07, 6.45) is 4.70. The van der Waals surface area contributed by atoms with Gasteiger partial charge in [-0.3, -0.25) is 4.98 Å². The van der Waals surface area contributed by atoms with Crippen LogP contribution in [0.1, 0.15) is 25.8 Å². The summed E-state index contributed by atoms with van der Waals surface area (Å²) in [6.45, 7) is 4.30. The maximum absolute atomic E-state index is 5.35. The topological polar surface area (TPSA) is 34.5 Å². The first-order valence-corrected chi connectivity index (χ1v) is 4.90. The average Bonchev–Trinajstić information content (AvgIpc) is 2.68. The SMILES string of the molecule is CC(C)C1CC(c2ccncc2)=NO1. The van der Waals surface area contributed by atoms with Crippen LogP contribution in [0.3, 0.4) is 0 Å². The van der Waals surface area contributed by atoms with Gasteiger partial charge in [-0.05, 0) is 18.1 Å². The van der Waals surface area contributed by atoms with Gasteiger partial charge in [-0.25, -0.2) is 0 Å². The zero-order valence-corrected chi connectivity index (χ0v) is 8.47. The fourth-order valence-corrected chi connectivity index (χ4v) is 1.47. The van der Waals surface area contributed by atoms with Gasteiger partial charge >= 0.3 is 0 Å². The minimum absolute atomic E-state index is 0.234. The minimum Gasteiger partial charge on any atom is -0.392 e. The molecule has 74 valence electrons. The minimum atomic E-state index is 0.234. The van der Waals surface area contributed by atoms with E-state index in [2.05, 4.69) is 24.0 Å². The summed E-state index contributed by atoms with van der Waals surface area (Å²) in [6, 6.07) is 3.93. The molecule has 0 spiro atoms. The molecule has 2 rings (SSSR count). The maximum Gasteiger partial charge on any atom is 0.135 e. The molecule has 3 nitrogen and oxygen atoms in total. The van der Waals surface area contributed by atoms with Gasteiger partial charge in [-0.1, -0.05) is 19.0 Å². The number of aromatic nitrogens is 1. The summed E-state index contributed by atoms with van der Waals surface area (Å²) in [7, 11) is 0. The van der Waals surface area contributed by atoms with Crippen molar-refractivity contribution in [2.45, 2.75) is 26.4 Å². The maximum atomic E-state index is 5.35. The number of pyridine rings is 1. The molecule has 0 N–H and O–H groups in total. The van der Waals surface area contributed by atoms with E-state index < -0.39 is 0 Å². The molecular weight excluding hydrogens is 176 g/mol. The van der Waals surface area contributed by atoms with Gasteiger partial charge in [0, 0.05) is 24.4 Å². The van der Waals surface area contributed by atoms with Gasteiger partial charge in [0.2, 0.25) is 0 Å². The summed E-state index contributed by atoms with van der Waals surface area (Å²) in [5.74, 6) is 0.512. The molecule has 0 saturated heterocycles. The second kappa shape index (κ2) is 3.78. The summed E-state index contributed by atoms with van der Waals surface area (Å²) >= 11 is 0. The molecule has 1 aliphatic heterocycles. The van der Waals surface area contributed by atoms with Gasteiger partial charge in [-0.15, -0.1) is 0 Å². The van der Waals surface area contributed by atoms with Crippen molar-refractivity contribution in [2.75, 3.05) is 0 Å². The first-order valence-electron chi connectivity index (χ1n) is 4.90. The lowest BCUT2D eigenvalue weighted by Crippen LogP contribution is -2.15. The molecule has 1 aromatic rings. The van der Waals surface area contributed by atoms with Crippen LogP contribution >= 0.6 is 0 Å². The number of hydrogen-bond donors (Lipinski definition) is 0. The van der Waals surface area contributed by atoms with E-state index in [4.69, 9.17) is 4.84 Å². The largest absolute Gasteiger partial charge is 0.392 e. The highest BCUT2D eigenvalue weighted by molar-refractivity contribution is 6.01. The van der Waals surface area contributed by atoms with Crippen molar-refractivity contribution in [3.05, 3.63) is 30.1 Å².